The zero-order valence-corrected chi connectivity index (χ0v) is 20.6. The van der Waals surface area contributed by atoms with Crippen molar-refractivity contribution < 1.29 is 28.9 Å². The zero-order chi connectivity index (χ0) is 24.8. The van der Waals surface area contributed by atoms with Crippen LogP contribution < -0.4 is 14.8 Å². The minimum Gasteiger partial charge on any atom is -0.503 e. The highest BCUT2D eigenvalue weighted by molar-refractivity contribution is 6.32. The lowest BCUT2D eigenvalue weighted by Gasteiger charge is -2.31. The number of hydrogen-bond acceptors (Lipinski definition) is 7. The number of esters is 1. The third kappa shape index (κ3) is 6.11. The van der Waals surface area contributed by atoms with Gasteiger partial charge in [-0.2, -0.15) is 0 Å². The van der Waals surface area contributed by atoms with Gasteiger partial charge in [-0.15, -0.1) is 0 Å². The van der Waals surface area contributed by atoms with Gasteiger partial charge in [-0.05, 0) is 57.2 Å². The third-order valence-corrected chi connectivity index (χ3v) is 6.30. The van der Waals surface area contributed by atoms with E-state index in [4.69, 9.17) is 25.8 Å². The van der Waals surface area contributed by atoms with Gasteiger partial charge in [-0.25, -0.2) is 9.78 Å². The number of aromatic hydroxyl groups is 1. The average Bonchev–Trinajstić information content (AvgIpc) is 3.33. The van der Waals surface area contributed by atoms with E-state index in [1.54, 1.807) is 6.92 Å². The highest BCUT2D eigenvalue weighted by atomic mass is 35.5. The van der Waals surface area contributed by atoms with Crippen LogP contribution in [0.15, 0.2) is 30.5 Å². The summed E-state index contributed by atoms with van der Waals surface area (Å²) in [6.07, 6.45) is 4.52. The normalized spacial score (nSPS) is 16.4. The molecule has 0 spiro atoms. The first-order valence-corrected chi connectivity index (χ1v) is 11.7. The van der Waals surface area contributed by atoms with Crippen LogP contribution in [0.4, 0.5) is 0 Å². The second-order valence-electron chi connectivity index (χ2n) is 8.61. The van der Waals surface area contributed by atoms with Gasteiger partial charge in [-0.3, -0.25) is 4.79 Å². The smallest absolute Gasteiger partial charge is 0.328 e. The van der Waals surface area contributed by atoms with Crippen LogP contribution in [0.25, 0.3) is 0 Å². The van der Waals surface area contributed by atoms with E-state index < -0.39 is 29.8 Å². The highest BCUT2D eigenvalue weighted by Gasteiger charge is 2.35. The Labute approximate surface area is 204 Å². The number of methoxy groups -OCH3 is 1. The molecule has 0 saturated heterocycles. The molecule has 1 amide bonds. The topological polar surface area (TPSA) is 107 Å². The Balaban J connectivity index is 1.67. The number of benzene rings is 1. The van der Waals surface area contributed by atoms with Gasteiger partial charge in [0, 0.05) is 12.3 Å². The molecule has 1 aliphatic rings. The summed E-state index contributed by atoms with van der Waals surface area (Å²) in [7, 11) is 1.37. The lowest BCUT2D eigenvalue weighted by atomic mass is 9.96. The standard InChI is InChI=1S/C25H31ClN2O6/c1-14-9-10-19(18(26)13-14)34-23(17-7-5-6-8-17)16(3)33-25(31)15(2)28-24(30)21-22(29)20(32-4)11-12-27-21/h9-13,15-17,23,29H,5-8H2,1-4H3,(H,28,30)/t15-,16?,23-/m0/s1. The van der Waals surface area contributed by atoms with Crippen LogP contribution in [-0.4, -0.2) is 47.3 Å². The number of ether oxygens (including phenoxy) is 3. The second kappa shape index (κ2) is 11.4. The quantitative estimate of drug-likeness (QED) is 0.500. The van der Waals surface area contributed by atoms with E-state index in [0.717, 1.165) is 31.2 Å². The van der Waals surface area contributed by atoms with Crippen LogP contribution in [0.5, 0.6) is 17.2 Å². The molecule has 8 nitrogen and oxygen atoms in total. The van der Waals surface area contributed by atoms with Gasteiger partial charge in [0.15, 0.2) is 17.2 Å². The Morgan fingerprint density at radius 1 is 1.18 bits per heavy atom. The van der Waals surface area contributed by atoms with Crippen LogP contribution in [0.2, 0.25) is 5.02 Å². The van der Waals surface area contributed by atoms with Crippen molar-refractivity contribution in [2.45, 2.75) is 64.7 Å². The van der Waals surface area contributed by atoms with Gasteiger partial charge < -0.3 is 24.6 Å². The van der Waals surface area contributed by atoms with Crippen molar-refractivity contribution in [3.63, 3.8) is 0 Å². The Hall–Kier alpha value is -3.00. The van der Waals surface area contributed by atoms with Gasteiger partial charge in [-0.1, -0.05) is 30.5 Å². The van der Waals surface area contributed by atoms with Gasteiger partial charge in [0.2, 0.25) is 0 Å². The van der Waals surface area contributed by atoms with E-state index in [2.05, 4.69) is 10.3 Å². The predicted octanol–water partition coefficient (Wildman–Crippen LogP) is 4.45. The van der Waals surface area contributed by atoms with Crippen LogP contribution in [0.1, 0.15) is 55.6 Å². The summed E-state index contributed by atoms with van der Waals surface area (Å²) in [4.78, 5) is 29.2. The summed E-state index contributed by atoms with van der Waals surface area (Å²) in [5.74, 6) is -0.860. The van der Waals surface area contributed by atoms with Crippen LogP contribution >= 0.6 is 11.6 Å². The molecule has 1 saturated carbocycles. The van der Waals surface area contributed by atoms with E-state index in [1.807, 2.05) is 25.1 Å². The number of amides is 1. The van der Waals surface area contributed by atoms with Gasteiger partial charge in [0.05, 0.1) is 12.1 Å². The maximum absolute atomic E-state index is 12.8. The van der Waals surface area contributed by atoms with Crippen molar-refractivity contribution in [2.75, 3.05) is 7.11 Å². The van der Waals surface area contributed by atoms with E-state index in [0.29, 0.717) is 10.8 Å². The lowest BCUT2D eigenvalue weighted by Crippen LogP contribution is -2.45. The fourth-order valence-electron chi connectivity index (χ4n) is 4.15. The third-order valence-electron chi connectivity index (χ3n) is 6.00. The molecule has 0 bridgehead atoms. The zero-order valence-electron chi connectivity index (χ0n) is 19.8. The molecule has 184 valence electrons. The minimum atomic E-state index is -0.977. The highest BCUT2D eigenvalue weighted by Crippen LogP contribution is 2.35. The molecule has 3 atom stereocenters. The van der Waals surface area contributed by atoms with Crippen LogP contribution in [0, 0.1) is 12.8 Å². The molecule has 34 heavy (non-hydrogen) atoms. The molecule has 1 unspecified atom stereocenters. The maximum Gasteiger partial charge on any atom is 0.328 e. The monoisotopic (exact) mass is 490 g/mol. The second-order valence-corrected chi connectivity index (χ2v) is 9.02. The minimum absolute atomic E-state index is 0.107. The van der Waals surface area contributed by atoms with E-state index >= 15 is 0 Å². The first kappa shape index (κ1) is 25.6. The molecule has 1 aliphatic carbocycles. The lowest BCUT2D eigenvalue weighted by molar-refractivity contribution is -0.156. The molecule has 1 fully saturated rings. The van der Waals surface area contributed by atoms with Crippen molar-refractivity contribution >= 4 is 23.5 Å². The van der Waals surface area contributed by atoms with Crippen LogP contribution in [0.3, 0.4) is 0 Å². The Kier molecular flexibility index (Phi) is 8.61. The Morgan fingerprint density at radius 2 is 1.88 bits per heavy atom. The Morgan fingerprint density at radius 3 is 2.53 bits per heavy atom. The first-order valence-electron chi connectivity index (χ1n) is 11.4. The summed E-state index contributed by atoms with van der Waals surface area (Å²) < 4.78 is 17.0. The fraction of sp³-hybridized carbons (Fsp3) is 0.480. The summed E-state index contributed by atoms with van der Waals surface area (Å²) >= 11 is 6.38. The molecular weight excluding hydrogens is 460 g/mol. The van der Waals surface area contributed by atoms with Gasteiger partial charge in [0.25, 0.3) is 5.91 Å². The summed E-state index contributed by atoms with van der Waals surface area (Å²) in [6.45, 7) is 5.24. The summed E-state index contributed by atoms with van der Waals surface area (Å²) in [6, 6.07) is 6.02. The number of aromatic nitrogens is 1. The molecule has 1 aromatic heterocycles. The molecular formula is C25H31ClN2O6. The number of aryl methyl sites for hydroxylation is 1. The number of hydrogen-bond donors (Lipinski definition) is 2. The van der Waals surface area contributed by atoms with Crippen molar-refractivity contribution in [2.24, 2.45) is 5.92 Å². The van der Waals surface area contributed by atoms with Crippen molar-refractivity contribution in [1.82, 2.24) is 10.3 Å². The maximum atomic E-state index is 12.8. The molecule has 2 aromatic rings. The van der Waals surface area contributed by atoms with E-state index in [1.165, 1.54) is 26.3 Å². The molecule has 1 aromatic carbocycles. The van der Waals surface area contributed by atoms with Crippen molar-refractivity contribution in [3.05, 3.63) is 46.7 Å². The Bertz CT molecular complexity index is 1020. The molecule has 3 rings (SSSR count). The average molecular weight is 491 g/mol. The van der Waals surface area contributed by atoms with Gasteiger partial charge >= 0.3 is 5.97 Å². The number of nitrogens with one attached hydrogen (secondary N) is 1. The van der Waals surface area contributed by atoms with E-state index in [9.17, 15) is 14.7 Å². The van der Waals surface area contributed by atoms with Crippen molar-refractivity contribution in [1.29, 1.82) is 0 Å². The SMILES string of the molecule is COc1ccnc(C(=O)N[C@@H](C)C(=O)OC(C)[C@H](Oc2ccc(C)cc2Cl)C2CCCC2)c1O. The summed E-state index contributed by atoms with van der Waals surface area (Å²) in [5, 5.41) is 13.2. The van der Waals surface area contributed by atoms with E-state index in [-0.39, 0.29) is 23.5 Å². The predicted molar refractivity (Wildman–Crippen MR) is 127 cm³/mol. The first-order chi connectivity index (χ1) is 16.2. The molecule has 2 N–H and O–H groups in total. The molecule has 0 aliphatic heterocycles. The molecule has 9 heteroatoms. The fourth-order valence-corrected chi connectivity index (χ4v) is 4.43. The number of pyridine rings is 1. The van der Waals surface area contributed by atoms with Gasteiger partial charge in [0.1, 0.15) is 24.0 Å². The number of carbonyl (C=O) groups is 2. The summed E-state index contributed by atoms with van der Waals surface area (Å²) in [5.41, 5.74) is 0.781. The van der Waals surface area contributed by atoms with Crippen LogP contribution in [-0.2, 0) is 9.53 Å². The molecule has 0 radical (unpaired) electrons. The number of carbonyl (C=O) groups excluding carboxylic acids is 2. The number of nitrogens with zero attached hydrogens (tertiary/aromatic N) is 1. The number of rotatable bonds is 9. The number of halogens is 1. The largest absolute Gasteiger partial charge is 0.503 e. The molecule has 1 heterocycles. The van der Waals surface area contributed by atoms with Crippen molar-refractivity contribution in [3.8, 4) is 17.2 Å².